The predicted molar refractivity (Wildman–Crippen MR) is 71.2 cm³/mol. The van der Waals surface area contributed by atoms with Crippen molar-refractivity contribution in [1.82, 2.24) is 5.32 Å². The lowest BCUT2D eigenvalue weighted by Crippen LogP contribution is -2.37. The number of oxime groups is 1. The summed E-state index contributed by atoms with van der Waals surface area (Å²) in [6.45, 7) is 2.86. The van der Waals surface area contributed by atoms with Crippen LogP contribution >= 0.6 is 0 Å². The minimum atomic E-state index is -0.431. The van der Waals surface area contributed by atoms with E-state index in [0.29, 0.717) is 38.5 Å². The van der Waals surface area contributed by atoms with Crippen LogP contribution in [0.25, 0.3) is 0 Å². The number of rotatable bonds is 5. The molecule has 4 N–H and O–H groups in total. The Hall–Kier alpha value is -1.70. The lowest BCUT2D eigenvalue weighted by Gasteiger charge is -2.23. The highest BCUT2D eigenvalue weighted by Gasteiger charge is 2.14. The Bertz CT molecular complexity index is 476. The molecule has 6 nitrogen and oxygen atoms in total. The first-order valence-electron chi connectivity index (χ1n) is 6.37. The first kappa shape index (κ1) is 14.7. The molecule has 2 rings (SSSR count). The molecule has 0 saturated carbocycles. The van der Waals surface area contributed by atoms with Crippen molar-refractivity contribution in [2.24, 2.45) is 10.9 Å². The van der Waals surface area contributed by atoms with Gasteiger partial charge in [0.1, 0.15) is 5.82 Å². The summed E-state index contributed by atoms with van der Waals surface area (Å²) in [6.07, 6.45) is 0.0107. The average molecular weight is 283 g/mol. The summed E-state index contributed by atoms with van der Waals surface area (Å²) < 4.78 is 24.0. The van der Waals surface area contributed by atoms with Crippen molar-refractivity contribution in [3.63, 3.8) is 0 Å². The van der Waals surface area contributed by atoms with E-state index in [4.69, 9.17) is 20.4 Å². The highest BCUT2D eigenvalue weighted by atomic mass is 19.1. The van der Waals surface area contributed by atoms with Crippen molar-refractivity contribution in [2.45, 2.75) is 12.6 Å². The van der Waals surface area contributed by atoms with Gasteiger partial charge in [0.05, 0.1) is 25.9 Å². The minimum Gasteiger partial charge on any atom is -0.409 e. The highest BCUT2D eigenvalue weighted by molar-refractivity contribution is 5.98. The van der Waals surface area contributed by atoms with E-state index >= 15 is 0 Å². The van der Waals surface area contributed by atoms with Gasteiger partial charge in [-0.2, -0.15) is 0 Å². The Labute approximate surface area is 116 Å². The molecule has 1 aromatic carbocycles. The van der Waals surface area contributed by atoms with Gasteiger partial charge in [-0.15, -0.1) is 0 Å². The first-order chi connectivity index (χ1) is 9.70. The van der Waals surface area contributed by atoms with E-state index in [1.807, 2.05) is 0 Å². The zero-order valence-corrected chi connectivity index (χ0v) is 11.0. The van der Waals surface area contributed by atoms with E-state index in [0.717, 1.165) is 5.56 Å². The fourth-order valence-electron chi connectivity index (χ4n) is 2.02. The smallest absolute Gasteiger partial charge is 0.170 e. The molecular formula is C13H18FN3O3. The van der Waals surface area contributed by atoms with Crippen molar-refractivity contribution in [3.8, 4) is 0 Å². The van der Waals surface area contributed by atoms with Crippen molar-refractivity contribution in [2.75, 3.05) is 26.4 Å². The molecule has 1 aliphatic heterocycles. The molecule has 0 spiro atoms. The van der Waals surface area contributed by atoms with E-state index in [9.17, 15) is 4.39 Å². The molecule has 0 amide bonds. The number of nitrogens with zero attached hydrogens (tertiary/aromatic N) is 1. The second-order valence-electron chi connectivity index (χ2n) is 4.49. The summed E-state index contributed by atoms with van der Waals surface area (Å²) in [7, 11) is 0. The maximum Gasteiger partial charge on any atom is 0.170 e. The van der Waals surface area contributed by atoms with Gasteiger partial charge in [-0.05, 0) is 17.7 Å². The fraction of sp³-hybridized carbons (Fsp3) is 0.462. The number of hydrogen-bond acceptors (Lipinski definition) is 5. The van der Waals surface area contributed by atoms with E-state index in [-0.39, 0.29) is 11.9 Å². The number of nitrogens with two attached hydrogens (primary N) is 1. The van der Waals surface area contributed by atoms with Crippen molar-refractivity contribution in [1.29, 1.82) is 0 Å². The normalized spacial score (nSPS) is 20.1. The molecule has 1 saturated heterocycles. The third-order valence-electron chi connectivity index (χ3n) is 3.03. The zero-order chi connectivity index (χ0) is 14.4. The largest absolute Gasteiger partial charge is 0.409 e. The van der Waals surface area contributed by atoms with Crippen LogP contribution in [0.4, 0.5) is 4.39 Å². The number of hydrogen-bond donors (Lipinski definition) is 3. The molecule has 7 heteroatoms. The number of halogens is 1. The van der Waals surface area contributed by atoms with E-state index in [1.54, 1.807) is 6.07 Å². The molecule has 20 heavy (non-hydrogen) atoms. The SMILES string of the molecule is NC(=NO)c1cc(F)ccc1CNCC1COCCO1. The average Bonchev–Trinajstić information content (AvgIpc) is 2.49. The third-order valence-corrected chi connectivity index (χ3v) is 3.03. The summed E-state index contributed by atoms with van der Waals surface area (Å²) in [4.78, 5) is 0. The summed E-state index contributed by atoms with van der Waals surface area (Å²) in [5, 5.41) is 14.8. The van der Waals surface area contributed by atoms with Crippen LogP contribution < -0.4 is 11.1 Å². The lowest BCUT2D eigenvalue weighted by atomic mass is 10.1. The second kappa shape index (κ2) is 7.18. The Morgan fingerprint density at radius 3 is 3.05 bits per heavy atom. The predicted octanol–water partition coefficient (Wildman–Crippen LogP) is 0.425. The summed E-state index contributed by atoms with van der Waals surface area (Å²) in [6, 6.07) is 4.19. The first-order valence-corrected chi connectivity index (χ1v) is 6.37. The number of amidine groups is 1. The molecule has 1 fully saturated rings. The molecular weight excluding hydrogens is 265 g/mol. The lowest BCUT2D eigenvalue weighted by molar-refractivity contribution is -0.0864. The fourth-order valence-corrected chi connectivity index (χ4v) is 2.02. The van der Waals surface area contributed by atoms with Crippen molar-refractivity contribution in [3.05, 3.63) is 35.1 Å². The number of ether oxygens (including phenoxy) is 2. The molecule has 0 aromatic heterocycles. The monoisotopic (exact) mass is 283 g/mol. The van der Waals surface area contributed by atoms with Crippen LogP contribution in [0.3, 0.4) is 0 Å². The molecule has 0 bridgehead atoms. The maximum absolute atomic E-state index is 13.2. The molecule has 110 valence electrons. The molecule has 0 radical (unpaired) electrons. The summed E-state index contributed by atoms with van der Waals surface area (Å²) in [5.41, 5.74) is 6.66. The summed E-state index contributed by atoms with van der Waals surface area (Å²) >= 11 is 0. The Balaban J connectivity index is 1.94. The number of nitrogens with one attached hydrogen (secondary N) is 1. The molecule has 1 aliphatic rings. The highest BCUT2D eigenvalue weighted by Crippen LogP contribution is 2.11. The molecule has 1 atom stereocenters. The van der Waals surface area contributed by atoms with Gasteiger partial charge in [0.25, 0.3) is 0 Å². The van der Waals surface area contributed by atoms with Gasteiger partial charge < -0.3 is 25.7 Å². The van der Waals surface area contributed by atoms with E-state index in [1.165, 1.54) is 12.1 Å². The van der Waals surface area contributed by atoms with Gasteiger partial charge in [-0.3, -0.25) is 0 Å². The third kappa shape index (κ3) is 3.89. The topological polar surface area (TPSA) is 89.1 Å². The van der Waals surface area contributed by atoms with Crippen molar-refractivity contribution >= 4 is 5.84 Å². The van der Waals surface area contributed by atoms with Crippen LogP contribution in [0.1, 0.15) is 11.1 Å². The molecule has 1 heterocycles. The van der Waals surface area contributed by atoms with Crippen LogP contribution in [0.15, 0.2) is 23.4 Å². The van der Waals surface area contributed by atoms with E-state index in [2.05, 4.69) is 10.5 Å². The molecule has 0 aliphatic carbocycles. The van der Waals surface area contributed by atoms with Gasteiger partial charge in [-0.25, -0.2) is 4.39 Å². The standard InChI is InChI=1S/C13H18FN3O3/c14-10-2-1-9(12(5-10)13(15)17-18)6-16-7-11-8-19-3-4-20-11/h1-2,5,11,16,18H,3-4,6-8H2,(H2,15,17). The van der Waals surface area contributed by atoms with Gasteiger partial charge in [-0.1, -0.05) is 11.2 Å². The van der Waals surface area contributed by atoms with Gasteiger partial charge in [0.15, 0.2) is 5.84 Å². The van der Waals surface area contributed by atoms with Gasteiger partial charge in [0, 0.05) is 18.7 Å². The molecule has 1 aromatic rings. The van der Waals surface area contributed by atoms with Crippen LogP contribution in [0.5, 0.6) is 0 Å². The van der Waals surface area contributed by atoms with Crippen molar-refractivity contribution < 1.29 is 19.1 Å². The van der Waals surface area contributed by atoms with Crippen LogP contribution in [-0.4, -0.2) is 43.5 Å². The maximum atomic E-state index is 13.2. The van der Waals surface area contributed by atoms with E-state index < -0.39 is 5.82 Å². The number of benzene rings is 1. The van der Waals surface area contributed by atoms with Crippen LogP contribution in [0, 0.1) is 5.82 Å². The Morgan fingerprint density at radius 2 is 2.35 bits per heavy atom. The Kier molecular flexibility index (Phi) is 5.28. The van der Waals surface area contributed by atoms with Gasteiger partial charge >= 0.3 is 0 Å². The zero-order valence-electron chi connectivity index (χ0n) is 11.0. The quantitative estimate of drug-likeness (QED) is 0.315. The van der Waals surface area contributed by atoms with Crippen LogP contribution in [-0.2, 0) is 16.0 Å². The second-order valence-corrected chi connectivity index (χ2v) is 4.49. The summed E-state index contributed by atoms with van der Waals surface area (Å²) in [5.74, 6) is -0.544. The minimum absolute atomic E-state index is 0.0107. The van der Waals surface area contributed by atoms with Gasteiger partial charge in [0.2, 0.25) is 0 Å². The van der Waals surface area contributed by atoms with Crippen LogP contribution in [0.2, 0.25) is 0 Å². The molecule has 1 unspecified atom stereocenters. The Morgan fingerprint density at radius 1 is 1.50 bits per heavy atom.